The van der Waals surface area contributed by atoms with Gasteiger partial charge < -0.3 is 28.4 Å². The Labute approximate surface area is 160 Å². The molecule has 1 heterocycles. The number of esters is 5. The molecule has 12 nitrogen and oxygen atoms in total. The number of carbonyl (C=O) groups is 5. The Morgan fingerprint density at radius 3 is 1.54 bits per heavy atom. The first-order valence-corrected chi connectivity index (χ1v) is 8.19. The summed E-state index contributed by atoms with van der Waals surface area (Å²) in [4.78, 5) is 57.3. The quantitative estimate of drug-likeness (QED) is 0.323. The summed E-state index contributed by atoms with van der Waals surface area (Å²) in [6, 6.07) is 0. The van der Waals surface area contributed by atoms with E-state index in [4.69, 9.17) is 34.2 Å². The van der Waals surface area contributed by atoms with Gasteiger partial charge in [0.05, 0.1) is 0 Å². The van der Waals surface area contributed by atoms with Crippen molar-refractivity contribution >= 4 is 29.8 Å². The average molecular weight is 405 g/mol. The molecule has 12 heteroatoms. The predicted molar refractivity (Wildman–Crippen MR) is 86.8 cm³/mol. The second-order valence-electron chi connectivity index (χ2n) is 5.87. The van der Waals surface area contributed by atoms with E-state index in [0.717, 1.165) is 34.6 Å². The summed E-state index contributed by atoms with van der Waals surface area (Å²) in [7, 11) is 0. The summed E-state index contributed by atoms with van der Waals surface area (Å²) in [6.45, 7) is 5.34. The van der Waals surface area contributed by atoms with Crippen molar-refractivity contribution in [2.75, 3.05) is 0 Å². The van der Waals surface area contributed by atoms with Gasteiger partial charge in [-0.25, -0.2) is 0 Å². The number of ether oxygens (including phenoxy) is 6. The van der Waals surface area contributed by atoms with Crippen LogP contribution in [0.1, 0.15) is 34.6 Å². The topological polar surface area (TPSA) is 167 Å². The molecule has 0 spiro atoms. The van der Waals surface area contributed by atoms with Crippen LogP contribution in [0.2, 0.25) is 0 Å². The fraction of sp³-hybridized carbons (Fsp3) is 0.688. The van der Waals surface area contributed by atoms with Gasteiger partial charge in [-0.05, 0) is 0 Å². The van der Waals surface area contributed by atoms with Crippen molar-refractivity contribution in [2.24, 2.45) is 5.73 Å². The van der Waals surface area contributed by atoms with Crippen LogP contribution in [-0.2, 0) is 52.4 Å². The lowest BCUT2D eigenvalue weighted by atomic mass is 9.96. The minimum Gasteiger partial charge on any atom is -0.455 e. The first kappa shape index (κ1) is 23.3. The van der Waals surface area contributed by atoms with Crippen LogP contribution >= 0.6 is 0 Å². The van der Waals surface area contributed by atoms with Crippen LogP contribution in [0.15, 0.2) is 0 Å². The molecule has 1 fully saturated rings. The normalized spacial score (nSPS) is 27.7. The van der Waals surface area contributed by atoms with Gasteiger partial charge in [0, 0.05) is 34.6 Å². The smallest absolute Gasteiger partial charge is 0.305 e. The van der Waals surface area contributed by atoms with E-state index in [1.807, 2.05) is 0 Å². The van der Waals surface area contributed by atoms with Crippen molar-refractivity contribution in [3.63, 3.8) is 0 Å². The zero-order valence-corrected chi connectivity index (χ0v) is 16.0. The van der Waals surface area contributed by atoms with Crippen molar-refractivity contribution in [1.29, 1.82) is 0 Å². The Hall–Kier alpha value is -2.73. The second kappa shape index (κ2) is 9.99. The summed E-state index contributed by atoms with van der Waals surface area (Å²) in [5, 5.41) is 0. The fourth-order valence-electron chi connectivity index (χ4n) is 2.59. The van der Waals surface area contributed by atoms with Crippen LogP contribution < -0.4 is 5.73 Å². The van der Waals surface area contributed by atoms with E-state index in [1.54, 1.807) is 0 Å². The van der Waals surface area contributed by atoms with E-state index in [9.17, 15) is 24.0 Å². The molecule has 0 aliphatic carbocycles. The highest BCUT2D eigenvalue weighted by Crippen LogP contribution is 2.31. The van der Waals surface area contributed by atoms with Crippen LogP contribution in [-0.4, -0.2) is 66.8 Å². The third-order valence-corrected chi connectivity index (χ3v) is 3.35. The largest absolute Gasteiger partial charge is 0.455 e. The molecule has 1 rings (SSSR count). The molecule has 2 N–H and O–H groups in total. The third kappa shape index (κ3) is 6.78. The van der Waals surface area contributed by atoms with Gasteiger partial charge in [-0.1, -0.05) is 0 Å². The predicted octanol–water partition coefficient (Wildman–Crippen LogP) is -1.08. The van der Waals surface area contributed by atoms with E-state index in [0.29, 0.717) is 0 Å². The monoisotopic (exact) mass is 405 g/mol. The first-order valence-electron chi connectivity index (χ1n) is 8.19. The summed E-state index contributed by atoms with van der Waals surface area (Å²) in [6.07, 6.45) is -8.86. The van der Waals surface area contributed by atoms with E-state index in [-0.39, 0.29) is 0 Å². The van der Waals surface area contributed by atoms with Gasteiger partial charge in [0.1, 0.15) is 0 Å². The van der Waals surface area contributed by atoms with E-state index >= 15 is 0 Å². The molecule has 0 radical (unpaired) electrons. The Morgan fingerprint density at radius 2 is 1.11 bits per heavy atom. The molecule has 6 atom stereocenters. The van der Waals surface area contributed by atoms with Crippen molar-refractivity contribution in [2.45, 2.75) is 71.6 Å². The van der Waals surface area contributed by atoms with Gasteiger partial charge in [0.25, 0.3) is 0 Å². The zero-order chi connectivity index (χ0) is 21.6. The molecule has 28 heavy (non-hydrogen) atoms. The maximum absolute atomic E-state index is 11.6. The number of rotatable bonds is 6. The highest BCUT2D eigenvalue weighted by Gasteiger charge is 2.55. The van der Waals surface area contributed by atoms with Gasteiger partial charge in [-0.3, -0.25) is 29.7 Å². The maximum atomic E-state index is 11.6. The molecular weight excluding hydrogens is 382 g/mol. The van der Waals surface area contributed by atoms with Crippen molar-refractivity contribution in [3.8, 4) is 0 Å². The second-order valence-corrected chi connectivity index (χ2v) is 5.87. The van der Waals surface area contributed by atoms with Crippen LogP contribution in [0.3, 0.4) is 0 Å². The van der Waals surface area contributed by atoms with Gasteiger partial charge in [0.2, 0.25) is 12.4 Å². The maximum Gasteiger partial charge on any atom is 0.305 e. The molecule has 1 aliphatic heterocycles. The van der Waals surface area contributed by atoms with Gasteiger partial charge in [-0.15, -0.1) is 0 Å². The summed E-state index contributed by atoms with van der Waals surface area (Å²) >= 11 is 0. The Morgan fingerprint density at radius 1 is 0.679 bits per heavy atom. The van der Waals surface area contributed by atoms with Crippen LogP contribution in [0.25, 0.3) is 0 Å². The van der Waals surface area contributed by atoms with E-state index in [2.05, 4.69) is 0 Å². The molecule has 1 unspecified atom stereocenters. The first-order chi connectivity index (χ1) is 12.9. The van der Waals surface area contributed by atoms with E-state index < -0.39 is 66.8 Å². The number of hydrogen-bond donors (Lipinski definition) is 1. The van der Waals surface area contributed by atoms with E-state index in [1.165, 1.54) is 0 Å². The fourth-order valence-corrected chi connectivity index (χ4v) is 2.59. The van der Waals surface area contributed by atoms with Crippen molar-refractivity contribution < 1.29 is 52.4 Å². The SMILES string of the molecule is CC(=O)OC1O[C@H]([C@@H](N)OC(C)=O)[C@@H](OC(C)=O)[C@H](OC(C)=O)[C@@H]1OC(C)=O. The van der Waals surface area contributed by atoms with Gasteiger partial charge in [0.15, 0.2) is 24.5 Å². The molecule has 0 saturated carbocycles. The molecule has 0 amide bonds. The highest BCUT2D eigenvalue weighted by molar-refractivity contribution is 5.69. The lowest BCUT2D eigenvalue weighted by Gasteiger charge is -2.44. The number of nitrogens with two attached hydrogens (primary N) is 1. The Balaban J connectivity index is 3.39. The lowest BCUT2D eigenvalue weighted by Crippen LogP contribution is -2.66. The molecule has 0 aromatic carbocycles. The Bertz CT molecular complexity index is 634. The zero-order valence-electron chi connectivity index (χ0n) is 16.0. The number of carbonyl (C=O) groups excluding carboxylic acids is 5. The highest BCUT2D eigenvalue weighted by atomic mass is 16.7. The number of hydrogen-bond acceptors (Lipinski definition) is 12. The summed E-state index contributed by atoms with van der Waals surface area (Å²) < 4.78 is 30.7. The molecule has 158 valence electrons. The molecular formula is C16H23NO11. The van der Waals surface area contributed by atoms with Gasteiger partial charge in [-0.2, -0.15) is 0 Å². The molecule has 0 aromatic rings. The standard InChI is InChI=1S/C16H23NO11/c1-6(18)23-11-12(24-7(2)19)14(25-8(3)20)16(27-10(5)22)28-13(11)15(17)26-9(4)21/h11-16H,17H2,1-5H3/t11-,12-,13-,14-,15-,16?/m0/s1. The van der Waals surface area contributed by atoms with Crippen LogP contribution in [0.5, 0.6) is 0 Å². The van der Waals surface area contributed by atoms with Gasteiger partial charge >= 0.3 is 29.8 Å². The molecule has 1 saturated heterocycles. The molecule has 0 aromatic heterocycles. The van der Waals surface area contributed by atoms with Crippen LogP contribution in [0, 0.1) is 0 Å². The Kier molecular flexibility index (Phi) is 8.32. The minimum absolute atomic E-state index is 0.771. The molecule has 0 bridgehead atoms. The lowest BCUT2D eigenvalue weighted by molar-refractivity contribution is -0.308. The van der Waals surface area contributed by atoms with Crippen LogP contribution in [0.4, 0.5) is 0 Å². The summed E-state index contributed by atoms with van der Waals surface area (Å²) in [5.41, 5.74) is 5.80. The third-order valence-electron chi connectivity index (χ3n) is 3.35. The minimum atomic E-state index is -1.58. The van der Waals surface area contributed by atoms with Crippen molar-refractivity contribution in [3.05, 3.63) is 0 Å². The molecule has 1 aliphatic rings. The summed E-state index contributed by atoms with van der Waals surface area (Å²) in [5.74, 6) is -4.02. The average Bonchev–Trinajstić information content (AvgIpc) is 2.50. The van der Waals surface area contributed by atoms with Crippen molar-refractivity contribution in [1.82, 2.24) is 0 Å².